The minimum Gasteiger partial charge on any atom is -0.496 e. The summed E-state index contributed by atoms with van der Waals surface area (Å²) in [4.78, 5) is 16.6. The Morgan fingerprint density at radius 3 is 2.68 bits per heavy atom. The summed E-state index contributed by atoms with van der Waals surface area (Å²) in [6.45, 7) is 4.44. The fourth-order valence-corrected chi connectivity index (χ4v) is 3.00. The smallest absolute Gasteiger partial charge is 0.220 e. The van der Waals surface area contributed by atoms with E-state index in [4.69, 9.17) is 9.72 Å². The van der Waals surface area contributed by atoms with Crippen LogP contribution in [0, 0.1) is 0 Å². The van der Waals surface area contributed by atoms with Crippen LogP contribution in [0.25, 0.3) is 11.0 Å². The van der Waals surface area contributed by atoms with E-state index in [2.05, 4.69) is 16.0 Å². The van der Waals surface area contributed by atoms with E-state index in [0.717, 1.165) is 28.2 Å². The molecule has 0 radical (unpaired) electrons. The molecule has 0 fully saturated rings. The molecule has 25 heavy (non-hydrogen) atoms. The van der Waals surface area contributed by atoms with E-state index < -0.39 is 0 Å². The molecular weight excluding hydrogens is 314 g/mol. The summed E-state index contributed by atoms with van der Waals surface area (Å²) >= 11 is 0. The van der Waals surface area contributed by atoms with Gasteiger partial charge in [0, 0.05) is 12.0 Å². The Hall–Kier alpha value is -2.82. The summed E-state index contributed by atoms with van der Waals surface area (Å²) in [5, 5.41) is 3.01. The van der Waals surface area contributed by atoms with Crippen LogP contribution < -0.4 is 10.1 Å². The van der Waals surface area contributed by atoms with Crippen molar-refractivity contribution in [2.24, 2.45) is 0 Å². The zero-order chi connectivity index (χ0) is 17.8. The van der Waals surface area contributed by atoms with E-state index in [1.807, 2.05) is 56.3 Å². The van der Waals surface area contributed by atoms with Crippen LogP contribution >= 0.6 is 0 Å². The molecule has 1 N–H and O–H groups in total. The van der Waals surface area contributed by atoms with Gasteiger partial charge in [-0.05, 0) is 25.1 Å². The first-order chi connectivity index (χ1) is 12.1. The third-order valence-electron chi connectivity index (χ3n) is 4.29. The molecule has 0 aliphatic carbocycles. The molecule has 1 unspecified atom stereocenters. The number of rotatable bonds is 6. The van der Waals surface area contributed by atoms with E-state index in [9.17, 15) is 4.79 Å². The van der Waals surface area contributed by atoms with Crippen molar-refractivity contribution in [1.82, 2.24) is 14.9 Å². The van der Waals surface area contributed by atoms with Gasteiger partial charge < -0.3 is 14.6 Å². The van der Waals surface area contributed by atoms with Crippen LogP contribution in [-0.2, 0) is 11.3 Å². The third kappa shape index (κ3) is 3.50. The van der Waals surface area contributed by atoms with Crippen LogP contribution in [0.4, 0.5) is 0 Å². The van der Waals surface area contributed by atoms with Crippen LogP contribution in [0.5, 0.6) is 5.75 Å². The number of benzene rings is 2. The first-order valence-corrected chi connectivity index (χ1v) is 8.50. The predicted molar refractivity (Wildman–Crippen MR) is 98.7 cm³/mol. The van der Waals surface area contributed by atoms with Crippen LogP contribution in [0.15, 0.2) is 48.5 Å². The van der Waals surface area contributed by atoms with Crippen molar-refractivity contribution >= 4 is 16.9 Å². The van der Waals surface area contributed by atoms with Gasteiger partial charge in [-0.25, -0.2) is 4.98 Å². The molecule has 1 aromatic heterocycles. The van der Waals surface area contributed by atoms with Crippen molar-refractivity contribution in [2.45, 2.75) is 32.9 Å². The first-order valence-electron chi connectivity index (χ1n) is 8.50. The lowest BCUT2D eigenvalue weighted by Crippen LogP contribution is -2.28. The Morgan fingerprint density at radius 2 is 1.92 bits per heavy atom. The molecule has 3 rings (SSSR count). The van der Waals surface area contributed by atoms with E-state index in [1.165, 1.54) is 0 Å². The SMILES string of the molecule is CCC(=O)NC(C)c1nc2ccccc2n1Cc1ccccc1OC. The number of carbonyl (C=O) groups excluding carboxylic acids is 1. The lowest BCUT2D eigenvalue weighted by atomic mass is 10.2. The maximum atomic E-state index is 11.8. The Bertz CT molecular complexity index is 886. The first kappa shape index (κ1) is 17.0. The second kappa shape index (κ2) is 7.38. The highest BCUT2D eigenvalue weighted by atomic mass is 16.5. The van der Waals surface area contributed by atoms with Crippen molar-refractivity contribution in [3.05, 3.63) is 59.9 Å². The number of hydrogen-bond donors (Lipinski definition) is 1. The molecule has 130 valence electrons. The van der Waals surface area contributed by atoms with E-state index in [-0.39, 0.29) is 11.9 Å². The number of nitrogens with one attached hydrogen (secondary N) is 1. The lowest BCUT2D eigenvalue weighted by molar-refractivity contribution is -0.121. The summed E-state index contributed by atoms with van der Waals surface area (Å²) in [6.07, 6.45) is 0.455. The highest BCUT2D eigenvalue weighted by Gasteiger charge is 2.18. The molecule has 1 atom stereocenters. The number of aromatic nitrogens is 2. The number of fused-ring (bicyclic) bond motifs is 1. The molecular formula is C20H23N3O2. The highest BCUT2D eigenvalue weighted by molar-refractivity contribution is 5.78. The molecule has 5 nitrogen and oxygen atoms in total. The quantitative estimate of drug-likeness (QED) is 0.746. The van der Waals surface area contributed by atoms with Crippen molar-refractivity contribution in [3.8, 4) is 5.75 Å². The lowest BCUT2D eigenvalue weighted by Gasteiger charge is -2.17. The van der Waals surface area contributed by atoms with Gasteiger partial charge in [0.2, 0.25) is 5.91 Å². The molecule has 0 bridgehead atoms. The standard InChI is InChI=1S/C20H23N3O2/c1-4-19(24)21-14(2)20-22-16-10-6-7-11-17(16)23(20)13-15-9-5-8-12-18(15)25-3/h5-12,14H,4,13H2,1-3H3,(H,21,24). The average Bonchev–Trinajstić information content (AvgIpc) is 3.01. The van der Waals surface area contributed by atoms with Crippen LogP contribution in [0.2, 0.25) is 0 Å². The van der Waals surface area contributed by atoms with Gasteiger partial charge in [-0.1, -0.05) is 37.3 Å². The Balaban J connectivity index is 2.05. The molecule has 0 saturated carbocycles. The molecule has 1 heterocycles. The third-order valence-corrected chi connectivity index (χ3v) is 4.29. The van der Waals surface area contributed by atoms with Gasteiger partial charge in [0.05, 0.1) is 30.7 Å². The highest BCUT2D eigenvalue weighted by Crippen LogP contribution is 2.25. The van der Waals surface area contributed by atoms with Crippen molar-refractivity contribution in [3.63, 3.8) is 0 Å². The second-order valence-corrected chi connectivity index (χ2v) is 6.00. The van der Waals surface area contributed by atoms with Gasteiger partial charge >= 0.3 is 0 Å². The maximum Gasteiger partial charge on any atom is 0.220 e. The fourth-order valence-electron chi connectivity index (χ4n) is 3.00. The van der Waals surface area contributed by atoms with Gasteiger partial charge in [0.1, 0.15) is 11.6 Å². The molecule has 3 aromatic rings. The van der Waals surface area contributed by atoms with Gasteiger partial charge in [0.25, 0.3) is 0 Å². The van der Waals surface area contributed by atoms with Crippen LogP contribution in [0.3, 0.4) is 0 Å². The number of para-hydroxylation sites is 3. The van der Waals surface area contributed by atoms with Gasteiger partial charge in [0.15, 0.2) is 0 Å². The Labute approximate surface area is 147 Å². The van der Waals surface area contributed by atoms with Gasteiger partial charge in [-0.2, -0.15) is 0 Å². The largest absolute Gasteiger partial charge is 0.496 e. The number of hydrogen-bond acceptors (Lipinski definition) is 3. The predicted octanol–water partition coefficient (Wildman–Crippen LogP) is 3.68. The molecule has 5 heteroatoms. The second-order valence-electron chi connectivity index (χ2n) is 6.00. The van der Waals surface area contributed by atoms with E-state index in [1.54, 1.807) is 7.11 Å². The zero-order valence-electron chi connectivity index (χ0n) is 14.8. The van der Waals surface area contributed by atoms with Crippen LogP contribution in [-0.4, -0.2) is 22.6 Å². The Morgan fingerprint density at radius 1 is 1.20 bits per heavy atom. The fraction of sp³-hybridized carbons (Fsp3) is 0.300. The minimum absolute atomic E-state index is 0.0170. The topological polar surface area (TPSA) is 56.2 Å². The molecule has 0 aliphatic rings. The van der Waals surface area contributed by atoms with Crippen molar-refractivity contribution in [2.75, 3.05) is 7.11 Å². The summed E-state index contributed by atoms with van der Waals surface area (Å²) in [6, 6.07) is 15.8. The molecule has 0 spiro atoms. The number of ether oxygens (including phenoxy) is 1. The summed E-state index contributed by atoms with van der Waals surface area (Å²) < 4.78 is 7.63. The van der Waals surface area contributed by atoms with Crippen molar-refractivity contribution in [1.29, 1.82) is 0 Å². The van der Waals surface area contributed by atoms with Gasteiger partial charge in [-0.3, -0.25) is 4.79 Å². The maximum absolute atomic E-state index is 11.8. The summed E-state index contributed by atoms with van der Waals surface area (Å²) in [7, 11) is 1.68. The normalized spacial score (nSPS) is 12.1. The van der Waals surface area contributed by atoms with E-state index >= 15 is 0 Å². The average molecular weight is 337 g/mol. The molecule has 0 aliphatic heterocycles. The minimum atomic E-state index is -0.172. The zero-order valence-corrected chi connectivity index (χ0v) is 14.8. The number of methoxy groups -OCH3 is 1. The molecule has 2 aromatic carbocycles. The number of nitrogens with zero attached hydrogens (tertiary/aromatic N) is 2. The molecule has 0 saturated heterocycles. The summed E-state index contributed by atoms with van der Waals surface area (Å²) in [5.74, 6) is 1.70. The monoisotopic (exact) mass is 337 g/mol. The van der Waals surface area contributed by atoms with Crippen LogP contribution in [0.1, 0.15) is 37.7 Å². The molecule has 1 amide bonds. The van der Waals surface area contributed by atoms with Crippen molar-refractivity contribution < 1.29 is 9.53 Å². The number of amides is 1. The van der Waals surface area contributed by atoms with E-state index in [0.29, 0.717) is 13.0 Å². The summed E-state index contributed by atoms with van der Waals surface area (Å²) in [5.41, 5.74) is 3.04. The Kier molecular flexibility index (Phi) is 5.03. The number of imidazole rings is 1. The number of carbonyl (C=O) groups is 1. The van der Waals surface area contributed by atoms with Gasteiger partial charge in [-0.15, -0.1) is 0 Å².